The van der Waals surface area contributed by atoms with Crippen molar-refractivity contribution in [2.24, 2.45) is 5.73 Å². The predicted octanol–water partition coefficient (Wildman–Crippen LogP) is 1.65. The molecule has 0 amide bonds. The first-order valence-electron chi connectivity index (χ1n) is 3.90. The number of hydrogen-bond acceptors (Lipinski definition) is 2. The maximum absolute atomic E-state index is 5.51. The molecule has 0 saturated heterocycles. The predicted molar refractivity (Wildman–Crippen MR) is 52.5 cm³/mol. The molecule has 0 fully saturated rings. The zero-order valence-corrected chi connectivity index (χ0v) is 8.56. The van der Waals surface area contributed by atoms with Gasteiger partial charge in [0, 0.05) is 23.8 Å². The van der Waals surface area contributed by atoms with Crippen LogP contribution in [0.15, 0.2) is 6.20 Å². The summed E-state index contributed by atoms with van der Waals surface area (Å²) in [5.41, 5.74) is 7.83. The highest BCUT2D eigenvalue weighted by Gasteiger charge is 2.06. The number of halogens is 1. The van der Waals surface area contributed by atoms with E-state index in [9.17, 15) is 0 Å². The van der Waals surface area contributed by atoms with Gasteiger partial charge in [-0.15, -0.1) is 12.4 Å². The van der Waals surface area contributed by atoms with Gasteiger partial charge in [-0.25, -0.2) is 0 Å². The van der Waals surface area contributed by atoms with Gasteiger partial charge in [0.05, 0.1) is 6.20 Å². The molecule has 1 aromatic heterocycles. The lowest BCUT2D eigenvalue weighted by Crippen LogP contribution is -2.06. The zero-order chi connectivity index (χ0) is 8.43. The van der Waals surface area contributed by atoms with E-state index in [4.69, 9.17) is 5.73 Å². The summed E-state index contributed by atoms with van der Waals surface area (Å²) < 4.78 is 1.99. The molecule has 0 bridgehead atoms. The Morgan fingerprint density at radius 2 is 2.17 bits per heavy atom. The minimum atomic E-state index is 0. The van der Waals surface area contributed by atoms with E-state index in [0.29, 0.717) is 12.6 Å². The molecule has 0 aliphatic heterocycles. The fraction of sp³-hybridized carbons (Fsp3) is 0.625. The van der Waals surface area contributed by atoms with Crippen molar-refractivity contribution in [3.05, 3.63) is 17.5 Å². The van der Waals surface area contributed by atoms with Crippen LogP contribution >= 0.6 is 12.4 Å². The van der Waals surface area contributed by atoms with E-state index in [0.717, 1.165) is 5.56 Å². The highest BCUT2D eigenvalue weighted by atomic mass is 35.5. The summed E-state index contributed by atoms with van der Waals surface area (Å²) in [5.74, 6) is 0. The summed E-state index contributed by atoms with van der Waals surface area (Å²) in [6.45, 7) is 6.86. The van der Waals surface area contributed by atoms with E-state index >= 15 is 0 Å². The van der Waals surface area contributed by atoms with Gasteiger partial charge < -0.3 is 5.73 Å². The molecule has 0 atom stereocenters. The molecule has 70 valence electrons. The maximum atomic E-state index is 5.51. The van der Waals surface area contributed by atoms with Crippen LogP contribution in [0.2, 0.25) is 0 Å². The number of nitrogens with zero attached hydrogens (tertiary/aromatic N) is 2. The van der Waals surface area contributed by atoms with Crippen molar-refractivity contribution >= 4 is 12.4 Å². The molecule has 0 aliphatic rings. The number of nitrogens with two attached hydrogens (primary N) is 1. The van der Waals surface area contributed by atoms with E-state index in [1.807, 2.05) is 10.9 Å². The normalized spacial score (nSPS) is 10.1. The number of hydrogen-bond donors (Lipinski definition) is 1. The van der Waals surface area contributed by atoms with Crippen LogP contribution in [-0.4, -0.2) is 9.78 Å². The summed E-state index contributed by atoms with van der Waals surface area (Å²) in [6, 6.07) is 0.426. The fourth-order valence-corrected chi connectivity index (χ4v) is 1.18. The molecule has 1 aromatic rings. The van der Waals surface area contributed by atoms with Gasteiger partial charge in [-0.1, -0.05) is 0 Å². The average molecular weight is 190 g/mol. The third kappa shape index (κ3) is 1.99. The second-order valence-corrected chi connectivity index (χ2v) is 3.00. The summed E-state index contributed by atoms with van der Waals surface area (Å²) in [4.78, 5) is 0. The Balaban J connectivity index is 0.00000121. The van der Waals surface area contributed by atoms with Gasteiger partial charge >= 0.3 is 0 Å². The molecule has 12 heavy (non-hydrogen) atoms. The van der Waals surface area contributed by atoms with Gasteiger partial charge in [-0.05, 0) is 20.8 Å². The first kappa shape index (κ1) is 11.5. The van der Waals surface area contributed by atoms with Crippen molar-refractivity contribution in [1.29, 1.82) is 0 Å². The zero-order valence-electron chi connectivity index (χ0n) is 7.74. The van der Waals surface area contributed by atoms with Crippen LogP contribution in [0.4, 0.5) is 0 Å². The van der Waals surface area contributed by atoms with Crippen LogP contribution in [0.1, 0.15) is 31.1 Å². The maximum Gasteiger partial charge on any atom is 0.0537 e. The molecular weight excluding hydrogens is 174 g/mol. The van der Waals surface area contributed by atoms with Crippen molar-refractivity contribution in [3.8, 4) is 0 Å². The first-order chi connectivity index (χ1) is 5.16. The standard InChI is InChI=1S/C8H15N3.ClH/c1-6(2)11-7(3)8(4-9)5-10-11;/h5-6H,4,9H2,1-3H3;1H. The highest BCUT2D eigenvalue weighted by molar-refractivity contribution is 5.85. The number of aromatic nitrogens is 2. The van der Waals surface area contributed by atoms with Crippen molar-refractivity contribution < 1.29 is 0 Å². The van der Waals surface area contributed by atoms with Crippen LogP contribution in [0.3, 0.4) is 0 Å². The summed E-state index contributed by atoms with van der Waals surface area (Å²) >= 11 is 0. The molecule has 1 rings (SSSR count). The van der Waals surface area contributed by atoms with Crippen LogP contribution < -0.4 is 5.73 Å². The largest absolute Gasteiger partial charge is 0.326 e. The molecule has 0 aliphatic carbocycles. The SMILES string of the molecule is Cc1c(CN)cnn1C(C)C.Cl. The summed E-state index contributed by atoms with van der Waals surface area (Å²) in [7, 11) is 0. The lowest BCUT2D eigenvalue weighted by molar-refractivity contribution is 0.518. The smallest absolute Gasteiger partial charge is 0.0537 e. The third-order valence-corrected chi connectivity index (χ3v) is 1.86. The quantitative estimate of drug-likeness (QED) is 0.769. The van der Waals surface area contributed by atoms with Crippen molar-refractivity contribution in [2.45, 2.75) is 33.4 Å². The molecular formula is C8H16ClN3. The summed E-state index contributed by atoms with van der Waals surface area (Å²) in [6.07, 6.45) is 1.84. The molecule has 0 aromatic carbocycles. The average Bonchev–Trinajstić information content (AvgIpc) is 2.30. The Hall–Kier alpha value is -0.540. The molecule has 2 N–H and O–H groups in total. The Morgan fingerprint density at radius 1 is 1.58 bits per heavy atom. The molecule has 3 nitrogen and oxygen atoms in total. The van der Waals surface area contributed by atoms with E-state index in [-0.39, 0.29) is 12.4 Å². The lowest BCUT2D eigenvalue weighted by Gasteiger charge is -2.07. The topological polar surface area (TPSA) is 43.8 Å². The van der Waals surface area contributed by atoms with Crippen molar-refractivity contribution in [2.75, 3.05) is 0 Å². The highest BCUT2D eigenvalue weighted by Crippen LogP contribution is 2.11. The van der Waals surface area contributed by atoms with E-state index in [1.165, 1.54) is 5.69 Å². The van der Waals surface area contributed by atoms with E-state index < -0.39 is 0 Å². The van der Waals surface area contributed by atoms with Gasteiger partial charge in [0.25, 0.3) is 0 Å². The molecule has 0 radical (unpaired) electrons. The third-order valence-electron chi connectivity index (χ3n) is 1.86. The lowest BCUT2D eigenvalue weighted by atomic mass is 10.2. The Bertz CT molecular complexity index is 242. The Kier molecular flexibility index (Phi) is 4.28. The molecule has 0 spiro atoms. The molecule has 1 heterocycles. The second kappa shape index (κ2) is 4.48. The van der Waals surface area contributed by atoms with Crippen molar-refractivity contribution in [1.82, 2.24) is 9.78 Å². The first-order valence-corrected chi connectivity index (χ1v) is 3.90. The van der Waals surface area contributed by atoms with Crippen LogP contribution in [0.5, 0.6) is 0 Å². The van der Waals surface area contributed by atoms with Gasteiger partial charge in [0.15, 0.2) is 0 Å². The summed E-state index contributed by atoms with van der Waals surface area (Å²) in [5, 5.41) is 4.22. The second-order valence-electron chi connectivity index (χ2n) is 3.00. The Morgan fingerprint density at radius 3 is 2.42 bits per heavy atom. The Labute approximate surface area is 79.4 Å². The van der Waals surface area contributed by atoms with Gasteiger partial charge in [0.1, 0.15) is 0 Å². The van der Waals surface area contributed by atoms with Crippen molar-refractivity contribution in [3.63, 3.8) is 0 Å². The van der Waals surface area contributed by atoms with Gasteiger partial charge in [-0.3, -0.25) is 4.68 Å². The van der Waals surface area contributed by atoms with Gasteiger partial charge in [-0.2, -0.15) is 5.10 Å². The van der Waals surface area contributed by atoms with Gasteiger partial charge in [0.2, 0.25) is 0 Å². The van der Waals surface area contributed by atoms with E-state index in [2.05, 4.69) is 25.9 Å². The van der Waals surface area contributed by atoms with Crippen LogP contribution in [0.25, 0.3) is 0 Å². The number of rotatable bonds is 2. The van der Waals surface area contributed by atoms with Crippen LogP contribution in [0, 0.1) is 6.92 Å². The van der Waals surface area contributed by atoms with Crippen LogP contribution in [-0.2, 0) is 6.54 Å². The molecule has 0 unspecified atom stereocenters. The minimum Gasteiger partial charge on any atom is -0.326 e. The fourth-order valence-electron chi connectivity index (χ4n) is 1.18. The molecule has 4 heteroatoms. The monoisotopic (exact) mass is 189 g/mol. The minimum absolute atomic E-state index is 0. The molecule has 0 saturated carbocycles. The van der Waals surface area contributed by atoms with E-state index in [1.54, 1.807) is 0 Å².